The summed E-state index contributed by atoms with van der Waals surface area (Å²) in [5.74, 6) is 0.603. The molecule has 2 unspecified atom stereocenters. The zero-order valence-electron chi connectivity index (χ0n) is 9.37. The van der Waals surface area contributed by atoms with Crippen LogP contribution in [0.25, 0.3) is 0 Å². The molecule has 1 aliphatic rings. The molecule has 0 aliphatic heterocycles. The first-order valence-electron chi connectivity index (χ1n) is 5.73. The molecular weight excluding hydrogens is 222 g/mol. The molecule has 1 aliphatic carbocycles. The third-order valence-electron chi connectivity index (χ3n) is 3.28. The molecule has 86 valence electrons. The van der Waals surface area contributed by atoms with Crippen LogP contribution < -0.4 is 5.32 Å². The quantitative estimate of drug-likeness (QED) is 0.841. The molecule has 0 aromatic heterocycles. The number of hydrogen-bond acceptors (Lipinski definition) is 1. The van der Waals surface area contributed by atoms with Gasteiger partial charge < -0.3 is 5.32 Å². The van der Waals surface area contributed by atoms with Crippen molar-refractivity contribution >= 4 is 17.5 Å². The molecule has 1 aromatic rings. The van der Waals surface area contributed by atoms with Crippen LogP contribution in [0.2, 0.25) is 5.02 Å². The number of halogens is 1. The van der Waals surface area contributed by atoms with Gasteiger partial charge in [-0.3, -0.25) is 4.79 Å². The largest absolute Gasteiger partial charge is 0.349 e. The Labute approximate surface area is 101 Å². The van der Waals surface area contributed by atoms with Crippen molar-refractivity contribution in [2.45, 2.75) is 32.2 Å². The van der Waals surface area contributed by atoms with Crippen molar-refractivity contribution in [1.82, 2.24) is 5.32 Å². The summed E-state index contributed by atoms with van der Waals surface area (Å²) in [6.07, 6.45) is 3.53. The minimum atomic E-state index is 0.00965. The van der Waals surface area contributed by atoms with Crippen molar-refractivity contribution in [1.29, 1.82) is 0 Å². The molecule has 0 radical (unpaired) electrons. The average Bonchev–Trinajstić information content (AvgIpc) is 2.65. The van der Waals surface area contributed by atoms with Gasteiger partial charge in [0.2, 0.25) is 0 Å². The minimum absolute atomic E-state index is 0.00965. The van der Waals surface area contributed by atoms with Crippen LogP contribution in [0, 0.1) is 5.92 Å². The fraction of sp³-hybridized carbons (Fsp3) is 0.462. The van der Waals surface area contributed by atoms with Gasteiger partial charge in [0.15, 0.2) is 0 Å². The summed E-state index contributed by atoms with van der Waals surface area (Å²) >= 11 is 5.78. The van der Waals surface area contributed by atoms with Gasteiger partial charge in [-0.25, -0.2) is 0 Å². The molecule has 1 aromatic carbocycles. The predicted molar refractivity (Wildman–Crippen MR) is 65.7 cm³/mol. The summed E-state index contributed by atoms with van der Waals surface area (Å²) < 4.78 is 0. The van der Waals surface area contributed by atoms with E-state index in [0.717, 1.165) is 6.42 Å². The lowest BCUT2D eigenvalue weighted by Gasteiger charge is -2.17. The van der Waals surface area contributed by atoms with Crippen LogP contribution in [-0.2, 0) is 0 Å². The topological polar surface area (TPSA) is 29.1 Å². The number of nitrogens with one attached hydrogen (secondary N) is 1. The van der Waals surface area contributed by atoms with E-state index in [1.54, 1.807) is 24.3 Å². The van der Waals surface area contributed by atoms with E-state index in [2.05, 4.69) is 12.2 Å². The van der Waals surface area contributed by atoms with E-state index >= 15 is 0 Å². The molecule has 0 bridgehead atoms. The van der Waals surface area contributed by atoms with Crippen molar-refractivity contribution < 1.29 is 4.79 Å². The van der Waals surface area contributed by atoms with Gasteiger partial charge in [0.25, 0.3) is 5.91 Å². The van der Waals surface area contributed by atoms with Gasteiger partial charge >= 0.3 is 0 Å². The Morgan fingerprint density at radius 1 is 1.31 bits per heavy atom. The second-order valence-electron chi connectivity index (χ2n) is 4.50. The van der Waals surface area contributed by atoms with Crippen LogP contribution in [0.3, 0.4) is 0 Å². The highest BCUT2D eigenvalue weighted by Gasteiger charge is 2.24. The predicted octanol–water partition coefficient (Wildman–Crippen LogP) is 3.26. The summed E-state index contributed by atoms with van der Waals surface area (Å²) in [7, 11) is 0. The Balaban J connectivity index is 2.00. The SMILES string of the molecule is CC1CCCC1NC(=O)c1ccc(Cl)cc1. The average molecular weight is 238 g/mol. The fourth-order valence-corrected chi connectivity index (χ4v) is 2.34. The minimum Gasteiger partial charge on any atom is -0.349 e. The standard InChI is InChI=1S/C13H16ClNO/c1-9-3-2-4-12(9)15-13(16)10-5-7-11(14)8-6-10/h5-9,12H,2-4H2,1H3,(H,15,16). The van der Waals surface area contributed by atoms with Gasteiger partial charge in [0.1, 0.15) is 0 Å². The first-order chi connectivity index (χ1) is 7.66. The number of carbonyl (C=O) groups is 1. The van der Waals surface area contributed by atoms with Gasteiger partial charge in [-0.2, -0.15) is 0 Å². The van der Waals surface area contributed by atoms with E-state index in [-0.39, 0.29) is 5.91 Å². The Hall–Kier alpha value is -1.02. The Bertz CT molecular complexity index is 374. The van der Waals surface area contributed by atoms with Gasteiger partial charge in [0, 0.05) is 16.6 Å². The van der Waals surface area contributed by atoms with Crippen molar-refractivity contribution in [2.75, 3.05) is 0 Å². The molecule has 16 heavy (non-hydrogen) atoms. The maximum Gasteiger partial charge on any atom is 0.251 e. The molecule has 0 heterocycles. The summed E-state index contributed by atoms with van der Waals surface area (Å²) in [5, 5.41) is 3.74. The first-order valence-corrected chi connectivity index (χ1v) is 6.11. The van der Waals surface area contributed by atoms with Crippen molar-refractivity contribution in [3.63, 3.8) is 0 Å². The van der Waals surface area contributed by atoms with E-state index in [0.29, 0.717) is 22.5 Å². The Morgan fingerprint density at radius 3 is 2.56 bits per heavy atom. The monoisotopic (exact) mass is 237 g/mol. The van der Waals surface area contributed by atoms with Gasteiger partial charge in [-0.15, -0.1) is 0 Å². The second kappa shape index (κ2) is 4.88. The molecule has 2 rings (SSSR count). The van der Waals surface area contributed by atoms with Crippen LogP contribution >= 0.6 is 11.6 Å². The van der Waals surface area contributed by atoms with Crippen LogP contribution in [-0.4, -0.2) is 11.9 Å². The number of benzene rings is 1. The molecule has 0 saturated heterocycles. The van der Waals surface area contributed by atoms with Gasteiger partial charge in [-0.1, -0.05) is 24.9 Å². The maximum atomic E-state index is 11.9. The molecule has 3 heteroatoms. The van der Waals surface area contributed by atoms with Crippen LogP contribution in [0.15, 0.2) is 24.3 Å². The van der Waals surface area contributed by atoms with E-state index in [1.807, 2.05) is 0 Å². The molecule has 1 fully saturated rings. The van der Waals surface area contributed by atoms with Crippen molar-refractivity contribution in [2.24, 2.45) is 5.92 Å². The zero-order valence-corrected chi connectivity index (χ0v) is 10.1. The highest BCUT2D eigenvalue weighted by atomic mass is 35.5. The smallest absolute Gasteiger partial charge is 0.251 e. The summed E-state index contributed by atoms with van der Waals surface area (Å²) in [6, 6.07) is 7.35. The Kier molecular flexibility index (Phi) is 3.49. The number of rotatable bonds is 2. The number of carbonyl (C=O) groups excluding carboxylic acids is 1. The van der Waals surface area contributed by atoms with Crippen LogP contribution in [0.4, 0.5) is 0 Å². The lowest BCUT2D eigenvalue weighted by Crippen LogP contribution is -2.36. The zero-order chi connectivity index (χ0) is 11.5. The highest BCUT2D eigenvalue weighted by Crippen LogP contribution is 2.25. The van der Waals surface area contributed by atoms with Crippen molar-refractivity contribution in [3.8, 4) is 0 Å². The lowest BCUT2D eigenvalue weighted by atomic mass is 10.1. The van der Waals surface area contributed by atoms with Gasteiger partial charge in [0.05, 0.1) is 0 Å². The fourth-order valence-electron chi connectivity index (χ4n) is 2.21. The summed E-state index contributed by atoms with van der Waals surface area (Å²) in [5.41, 5.74) is 0.684. The Morgan fingerprint density at radius 2 is 2.00 bits per heavy atom. The number of hydrogen-bond donors (Lipinski definition) is 1. The molecular formula is C13H16ClNO. The van der Waals surface area contributed by atoms with Crippen LogP contribution in [0.1, 0.15) is 36.5 Å². The molecule has 2 nitrogen and oxygen atoms in total. The van der Waals surface area contributed by atoms with Gasteiger partial charge in [-0.05, 0) is 43.0 Å². The molecule has 0 spiro atoms. The van der Waals surface area contributed by atoms with Crippen molar-refractivity contribution in [3.05, 3.63) is 34.9 Å². The highest BCUT2D eigenvalue weighted by molar-refractivity contribution is 6.30. The van der Waals surface area contributed by atoms with E-state index in [4.69, 9.17) is 11.6 Å². The second-order valence-corrected chi connectivity index (χ2v) is 4.93. The molecule has 1 amide bonds. The van der Waals surface area contributed by atoms with E-state index in [9.17, 15) is 4.79 Å². The third-order valence-corrected chi connectivity index (χ3v) is 3.54. The van der Waals surface area contributed by atoms with E-state index < -0.39 is 0 Å². The maximum absolute atomic E-state index is 11.9. The van der Waals surface area contributed by atoms with Crippen LogP contribution in [0.5, 0.6) is 0 Å². The molecule has 1 saturated carbocycles. The summed E-state index contributed by atoms with van der Waals surface area (Å²) in [4.78, 5) is 11.9. The molecule has 1 N–H and O–H groups in total. The lowest BCUT2D eigenvalue weighted by molar-refractivity contribution is 0.0929. The normalized spacial score (nSPS) is 24.4. The molecule has 2 atom stereocenters. The third kappa shape index (κ3) is 2.56. The number of amides is 1. The van der Waals surface area contributed by atoms with E-state index in [1.165, 1.54) is 12.8 Å². The summed E-state index contributed by atoms with van der Waals surface area (Å²) in [6.45, 7) is 2.19. The first kappa shape index (κ1) is 11.5.